The van der Waals surface area contributed by atoms with E-state index in [-0.39, 0.29) is 16.6 Å². The van der Waals surface area contributed by atoms with E-state index in [1.54, 1.807) is 47.8 Å². The molecule has 1 aromatic heterocycles. The number of carboxylic acid groups (broad SMARTS) is 1. The minimum atomic E-state index is -5.77. The number of aromatic nitrogens is 1. The highest BCUT2D eigenvalue weighted by molar-refractivity contribution is 9.10. The molecule has 1 heterocycles. The number of halogens is 3. The molecule has 0 saturated carbocycles. The number of thiazole rings is 1. The predicted octanol–water partition coefficient (Wildman–Crippen LogP) is 6.34. The standard InChI is InChI=1S/C25H18BrF2N2O6PS/c26-20-12-15(6-11-19(20)25(27,28)37(34,35)36)13-30(22(31)17-4-2-1-3-5-17)24-29-21(14-38-24)16-7-9-18(10-8-16)23(32)33/h1-12,14H,13H2,(H,32,33)(H2,34,35,36). The van der Waals surface area contributed by atoms with Gasteiger partial charge in [0.15, 0.2) is 5.13 Å². The summed E-state index contributed by atoms with van der Waals surface area (Å²) in [6.07, 6.45) is 0. The van der Waals surface area contributed by atoms with Gasteiger partial charge in [-0.05, 0) is 35.9 Å². The highest BCUT2D eigenvalue weighted by Gasteiger charge is 2.51. The van der Waals surface area contributed by atoms with Gasteiger partial charge in [-0.1, -0.05) is 58.4 Å². The van der Waals surface area contributed by atoms with E-state index >= 15 is 0 Å². The van der Waals surface area contributed by atoms with Gasteiger partial charge in [-0.15, -0.1) is 11.3 Å². The van der Waals surface area contributed by atoms with Crippen LogP contribution in [0.5, 0.6) is 0 Å². The summed E-state index contributed by atoms with van der Waals surface area (Å²) < 4.78 is 39.6. The molecule has 4 rings (SSSR count). The van der Waals surface area contributed by atoms with Gasteiger partial charge in [-0.3, -0.25) is 14.3 Å². The molecule has 0 spiro atoms. The summed E-state index contributed by atoms with van der Waals surface area (Å²) >= 11 is 4.14. The zero-order valence-corrected chi connectivity index (χ0v) is 22.5. The number of aromatic carboxylic acids is 1. The lowest BCUT2D eigenvalue weighted by atomic mass is 10.1. The van der Waals surface area contributed by atoms with Crippen LogP contribution in [0.2, 0.25) is 0 Å². The third-order valence-electron chi connectivity index (χ3n) is 5.48. The first-order chi connectivity index (χ1) is 17.9. The molecule has 0 radical (unpaired) electrons. The molecule has 4 aromatic rings. The fraction of sp³-hybridized carbons (Fsp3) is 0.0800. The lowest BCUT2D eigenvalue weighted by molar-refractivity contribution is 0.0557. The molecule has 38 heavy (non-hydrogen) atoms. The van der Waals surface area contributed by atoms with Crippen molar-refractivity contribution in [3.05, 3.63) is 105 Å². The predicted molar refractivity (Wildman–Crippen MR) is 142 cm³/mol. The number of hydrogen-bond donors (Lipinski definition) is 3. The van der Waals surface area contributed by atoms with Crippen molar-refractivity contribution >= 4 is 51.9 Å². The van der Waals surface area contributed by atoms with Crippen LogP contribution in [0.15, 0.2) is 82.6 Å². The first kappa shape index (κ1) is 27.7. The molecule has 0 bridgehead atoms. The van der Waals surface area contributed by atoms with Crippen molar-refractivity contribution < 1.29 is 37.8 Å². The summed E-state index contributed by atoms with van der Waals surface area (Å²) in [7, 11) is -5.77. The minimum absolute atomic E-state index is 0.0843. The van der Waals surface area contributed by atoms with Gasteiger partial charge in [-0.2, -0.15) is 8.78 Å². The molecule has 8 nitrogen and oxygen atoms in total. The van der Waals surface area contributed by atoms with Crippen LogP contribution in [0.25, 0.3) is 11.3 Å². The summed E-state index contributed by atoms with van der Waals surface area (Å²) in [4.78, 5) is 48.6. The molecular weight excluding hydrogens is 605 g/mol. The maximum absolute atomic E-state index is 14.3. The quantitative estimate of drug-likeness (QED) is 0.195. The maximum Gasteiger partial charge on any atom is 0.399 e. The smallest absolute Gasteiger partial charge is 0.399 e. The summed E-state index contributed by atoms with van der Waals surface area (Å²) in [6.45, 7) is -0.0843. The van der Waals surface area contributed by atoms with Crippen molar-refractivity contribution in [3.8, 4) is 11.3 Å². The monoisotopic (exact) mass is 622 g/mol. The Labute approximate surface area is 227 Å². The Balaban J connectivity index is 1.70. The van der Waals surface area contributed by atoms with Gasteiger partial charge in [0.25, 0.3) is 5.91 Å². The van der Waals surface area contributed by atoms with Crippen LogP contribution in [0.1, 0.15) is 31.8 Å². The third kappa shape index (κ3) is 5.74. The molecular formula is C25H18BrF2N2O6PS. The topological polar surface area (TPSA) is 128 Å². The molecule has 0 aliphatic carbocycles. The molecule has 3 aromatic carbocycles. The van der Waals surface area contributed by atoms with E-state index in [0.717, 1.165) is 17.4 Å². The fourth-order valence-electron chi connectivity index (χ4n) is 3.51. The second-order valence-corrected chi connectivity index (χ2v) is 11.4. The van der Waals surface area contributed by atoms with Crippen molar-refractivity contribution in [2.75, 3.05) is 4.90 Å². The number of anilines is 1. The molecule has 13 heteroatoms. The number of carbonyl (C=O) groups excluding carboxylic acids is 1. The number of carboxylic acids is 1. The number of benzene rings is 3. The Bertz CT molecular complexity index is 1540. The maximum atomic E-state index is 14.3. The number of carbonyl (C=O) groups is 2. The van der Waals surface area contributed by atoms with Gasteiger partial charge in [-0.25, -0.2) is 9.78 Å². The molecule has 0 aliphatic rings. The van der Waals surface area contributed by atoms with E-state index in [1.165, 1.54) is 29.2 Å². The van der Waals surface area contributed by atoms with Gasteiger partial charge in [0.05, 0.1) is 17.8 Å². The van der Waals surface area contributed by atoms with Crippen molar-refractivity contribution in [1.82, 2.24) is 4.98 Å². The Morgan fingerprint density at radius 3 is 2.24 bits per heavy atom. The zero-order chi connectivity index (χ0) is 27.7. The van der Waals surface area contributed by atoms with Crippen molar-refractivity contribution in [1.29, 1.82) is 0 Å². The first-order valence-electron chi connectivity index (χ1n) is 10.8. The second-order valence-electron chi connectivity index (χ2n) is 8.05. The number of amides is 1. The zero-order valence-electron chi connectivity index (χ0n) is 19.2. The van der Waals surface area contributed by atoms with Crippen molar-refractivity contribution in [3.63, 3.8) is 0 Å². The van der Waals surface area contributed by atoms with Gasteiger partial charge in [0.2, 0.25) is 0 Å². The molecule has 196 valence electrons. The molecule has 3 N–H and O–H groups in total. The Hall–Kier alpha value is -3.28. The van der Waals surface area contributed by atoms with E-state index in [2.05, 4.69) is 20.9 Å². The number of alkyl halides is 2. The van der Waals surface area contributed by atoms with E-state index in [9.17, 15) is 22.9 Å². The van der Waals surface area contributed by atoms with E-state index in [4.69, 9.17) is 14.9 Å². The van der Waals surface area contributed by atoms with E-state index < -0.39 is 30.7 Å². The summed E-state index contributed by atoms with van der Waals surface area (Å²) in [6, 6.07) is 17.9. The van der Waals surface area contributed by atoms with Crippen LogP contribution >= 0.6 is 34.9 Å². The lowest BCUT2D eigenvalue weighted by Gasteiger charge is -2.22. The van der Waals surface area contributed by atoms with Crippen LogP contribution in [0.4, 0.5) is 13.9 Å². The Kier molecular flexibility index (Phi) is 7.91. The normalized spacial score (nSPS) is 11.8. The van der Waals surface area contributed by atoms with Crippen molar-refractivity contribution in [2.45, 2.75) is 12.2 Å². The van der Waals surface area contributed by atoms with Gasteiger partial charge in [0, 0.05) is 26.5 Å². The van der Waals surface area contributed by atoms with E-state index in [1.807, 2.05) is 0 Å². The molecule has 1 amide bonds. The second kappa shape index (κ2) is 10.8. The van der Waals surface area contributed by atoms with Crippen LogP contribution < -0.4 is 4.90 Å². The highest BCUT2D eigenvalue weighted by Crippen LogP contribution is 2.60. The number of nitrogens with zero attached hydrogens (tertiary/aromatic N) is 2. The van der Waals surface area contributed by atoms with Gasteiger partial charge in [0.1, 0.15) is 0 Å². The number of hydrogen-bond acceptors (Lipinski definition) is 5. The molecule has 0 fully saturated rings. The molecule has 0 saturated heterocycles. The lowest BCUT2D eigenvalue weighted by Crippen LogP contribution is -2.30. The Morgan fingerprint density at radius 1 is 1.00 bits per heavy atom. The van der Waals surface area contributed by atoms with Gasteiger partial charge >= 0.3 is 19.2 Å². The molecule has 0 aliphatic heterocycles. The molecule has 0 atom stereocenters. The number of rotatable bonds is 8. The minimum Gasteiger partial charge on any atom is -0.478 e. The SMILES string of the molecule is O=C(O)c1ccc(-c2csc(N(Cc3ccc(C(F)(F)P(=O)(O)O)c(Br)c3)C(=O)c3ccccc3)n2)cc1. The summed E-state index contributed by atoms with van der Waals surface area (Å²) in [5.74, 6) is -1.47. The van der Waals surface area contributed by atoms with Crippen molar-refractivity contribution in [2.24, 2.45) is 0 Å². The Morgan fingerprint density at radius 2 is 1.66 bits per heavy atom. The first-order valence-corrected chi connectivity index (χ1v) is 14.1. The highest BCUT2D eigenvalue weighted by atomic mass is 79.9. The van der Waals surface area contributed by atoms with E-state index in [0.29, 0.717) is 27.5 Å². The van der Waals surface area contributed by atoms with Crippen LogP contribution in [0, 0.1) is 0 Å². The third-order valence-corrected chi connectivity index (χ3v) is 7.97. The van der Waals surface area contributed by atoms with Crippen LogP contribution in [-0.2, 0) is 16.8 Å². The largest absolute Gasteiger partial charge is 0.478 e. The van der Waals surface area contributed by atoms with Gasteiger partial charge < -0.3 is 14.9 Å². The summed E-state index contributed by atoms with van der Waals surface area (Å²) in [5, 5.41) is 11.1. The molecule has 0 unspecified atom stereocenters. The average Bonchev–Trinajstić information content (AvgIpc) is 3.37. The summed E-state index contributed by atoms with van der Waals surface area (Å²) in [5.41, 5.74) is -3.26. The van der Waals surface area contributed by atoms with Crippen LogP contribution in [0.3, 0.4) is 0 Å². The average molecular weight is 623 g/mol. The fourth-order valence-corrected chi connectivity index (χ4v) is 5.68. The van der Waals surface area contributed by atoms with Crippen LogP contribution in [-0.4, -0.2) is 31.8 Å².